The van der Waals surface area contributed by atoms with Gasteiger partial charge < -0.3 is 5.11 Å². The highest BCUT2D eigenvalue weighted by atomic mass is 32.1. The molecule has 2 heterocycles. The zero-order chi connectivity index (χ0) is 10.8. The minimum atomic E-state index is -0.952. The van der Waals surface area contributed by atoms with Crippen LogP contribution in [0.15, 0.2) is 16.8 Å². The summed E-state index contributed by atoms with van der Waals surface area (Å²) in [5.74, 6) is -0.952. The summed E-state index contributed by atoms with van der Waals surface area (Å²) in [6.45, 7) is 1.97. The van der Waals surface area contributed by atoms with Crippen molar-refractivity contribution in [1.29, 1.82) is 0 Å². The van der Waals surface area contributed by atoms with Crippen LogP contribution in [-0.4, -0.2) is 16.1 Å². The first-order chi connectivity index (χ1) is 7.22. The maximum Gasteiger partial charge on any atom is 0.356 e. The number of carboxylic acids is 1. The van der Waals surface area contributed by atoms with Gasteiger partial charge in [-0.1, -0.05) is 6.92 Å². The molecule has 2 rings (SSSR count). The number of hydrogen-bond donors (Lipinski definition) is 1. The summed E-state index contributed by atoms with van der Waals surface area (Å²) >= 11 is 3.02. The zero-order valence-electron chi connectivity index (χ0n) is 8.06. The van der Waals surface area contributed by atoms with Crippen LogP contribution in [0.4, 0.5) is 0 Å². The van der Waals surface area contributed by atoms with Gasteiger partial charge in [-0.3, -0.25) is 0 Å². The number of nitrogens with zero attached hydrogens (tertiary/aromatic N) is 1. The average molecular weight is 239 g/mol. The lowest BCUT2D eigenvalue weighted by Gasteiger charge is -1.92. The fourth-order valence-corrected chi connectivity index (χ4v) is 2.96. The zero-order valence-corrected chi connectivity index (χ0v) is 9.69. The Bertz CT molecular complexity index is 474. The van der Waals surface area contributed by atoms with Crippen molar-refractivity contribution in [3.63, 3.8) is 0 Å². The van der Waals surface area contributed by atoms with Gasteiger partial charge in [0.15, 0.2) is 5.69 Å². The molecule has 0 aliphatic heterocycles. The van der Waals surface area contributed by atoms with Gasteiger partial charge in [-0.15, -0.1) is 11.3 Å². The smallest absolute Gasteiger partial charge is 0.356 e. The van der Waals surface area contributed by atoms with Crippen molar-refractivity contribution < 1.29 is 9.90 Å². The first kappa shape index (κ1) is 10.3. The molecule has 0 spiro atoms. The lowest BCUT2D eigenvalue weighted by atomic mass is 10.2. The fraction of sp³-hybridized carbons (Fsp3) is 0.200. The first-order valence-electron chi connectivity index (χ1n) is 4.48. The second-order valence-electron chi connectivity index (χ2n) is 2.96. The van der Waals surface area contributed by atoms with Crippen molar-refractivity contribution in [2.75, 3.05) is 0 Å². The standard InChI is InChI=1S/C10H9NO2S2/c1-2-7-11-8(10(12)13)9(15-7)6-3-4-14-5-6/h3-5H,2H2,1H3,(H,12,13). The monoisotopic (exact) mass is 239 g/mol. The number of aromatic nitrogens is 1. The molecule has 0 saturated carbocycles. The predicted octanol–water partition coefficient (Wildman–Crippen LogP) is 3.13. The quantitative estimate of drug-likeness (QED) is 0.895. The Morgan fingerprint density at radius 2 is 2.40 bits per heavy atom. The number of thiophene rings is 1. The molecule has 0 aliphatic rings. The number of carboxylic acid groups (broad SMARTS) is 1. The largest absolute Gasteiger partial charge is 0.476 e. The molecule has 0 radical (unpaired) electrons. The summed E-state index contributed by atoms with van der Waals surface area (Å²) in [4.78, 5) is 15.9. The number of aromatic carboxylic acids is 1. The molecule has 78 valence electrons. The van der Waals surface area contributed by atoms with Crippen molar-refractivity contribution in [3.05, 3.63) is 27.5 Å². The van der Waals surface area contributed by atoms with Crippen LogP contribution in [-0.2, 0) is 6.42 Å². The van der Waals surface area contributed by atoms with Crippen molar-refractivity contribution >= 4 is 28.6 Å². The van der Waals surface area contributed by atoms with Gasteiger partial charge in [0, 0.05) is 5.56 Å². The molecule has 15 heavy (non-hydrogen) atoms. The molecular weight excluding hydrogens is 230 g/mol. The Morgan fingerprint density at radius 3 is 2.93 bits per heavy atom. The Kier molecular flexibility index (Phi) is 2.83. The molecule has 0 fully saturated rings. The summed E-state index contributed by atoms with van der Waals surface area (Å²) in [6, 6.07) is 1.92. The topological polar surface area (TPSA) is 50.2 Å². The van der Waals surface area contributed by atoms with E-state index in [-0.39, 0.29) is 5.69 Å². The highest BCUT2D eigenvalue weighted by Crippen LogP contribution is 2.32. The van der Waals surface area contributed by atoms with Gasteiger partial charge >= 0.3 is 5.97 Å². The summed E-state index contributed by atoms with van der Waals surface area (Å²) in [6.07, 6.45) is 0.773. The van der Waals surface area contributed by atoms with E-state index in [2.05, 4.69) is 4.98 Å². The van der Waals surface area contributed by atoms with Crippen LogP contribution in [0.2, 0.25) is 0 Å². The Labute approximate surface area is 95.0 Å². The summed E-state index contributed by atoms with van der Waals surface area (Å²) in [7, 11) is 0. The van der Waals surface area contributed by atoms with Crippen LogP contribution >= 0.6 is 22.7 Å². The maximum atomic E-state index is 11.0. The van der Waals surface area contributed by atoms with E-state index >= 15 is 0 Å². The fourth-order valence-electron chi connectivity index (χ4n) is 1.25. The Balaban J connectivity index is 2.54. The van der Waals surface area contributed by atoms with Crippen molar-refractivity contribution in [1.82, 2.24) is 4.98 Å². The van der Waals surface area contributed by atoms with Gasteiger partial charge in [0.1, 0.15) is 0 Å². The summed E-state index contributed by atoms with van der Waals surface area (Å²) < 4.78 is 0. The van der Waals surface area contributed by atoms with Gasteiger partial charge in [0.05, 0.1) is 9.88 Å². The molecule has 3 nitrogen and oxygen atoms in total. The van der Waals surface area contributed by atoms with Crippen LogP contribution in [0.3, 0.4) is 0 Å². The van der Waals surface area contributed by atoms with Crippen LogP contribution in [0.5, 0.6) is 0 Å². The van der Waals surface area contributed by atoms with Crippen LogP contribution in [0, 0.1) is 0 Å². The molecule has 0 bridgehead atoms. The van der Waals surface area contributed by atoms with Crippen LogP contribution in [0.1, 0.15) is 22.4 Å². The van der Waals surface area contributed by atoms with Gasteiger partial charge in [-0.25, -0.2) is 9.78 Å². The lowest BCUT2D eigenvalue weighted by Crippen LogP contribution is -1.98. The molecule has 0 aliphatic carbocycles. The van der Waals surface area contributed by atoms with E-state index in [0.717, 1.165) is 21.9 Å². The minimum Gasteiger partial charge on any atom is -0.476 e. The number of carbonyl (C=O) groups is 1. The third-order valence-electron chi connectivity index (χ3n) is 1.96. The predicted molar refractivity (Wildman–Crippen MR) is 61.8 cm³/mol. The molecule has 2 aromatic rings. The molecule has 0 aromatic carbocycles. The molecule has 2 aromatic heterocycles. The molecule has 0 saturated heterocycles. The molecule has 1 N–H and O–H groups in total. The third kappa shape index (κ3) is 1.93. The van der Waals surface area contributed by atoms with Crippen LogP contribution in [0.25, 0.3) is 10.4 Å². The normalized spacial score (nSPS) is 10.5. The second kappa shape index (κ2) is 4.12. The van der Waals surface area contributed by atoms with Crippen LogP contribution < -0.4 is 0 Å². The van der Waals surface area contributed by atoms with Gasteiger partial charge in [0.25, 0.3) is 0 Å². The summed E-state index contributed by atoms with van der Waals surface area (Å²) in [5.41, 5.74) is 1.13. The van der Waals surface area contributed by atoms with Crippen molar-refractivity contribution in [2.24, 2.45) is 0 Å². The minimum absolute atomic E-state index is 0.176. The SMILES string of the molecule is CCc1nc(C(=O)O)c(-c2ccsc2)s1. The van der Waals surface area contributed by atoms with E-state index in [9.17, 15) is 4.79 Å². The maximum absolute atomic E-state index is 11.0. The van der Waals surface area contributed by atoms with E-state index in [4.69, 9.17) is 5.11 Å². The highest BCUT2D eigenvalue weighted by molar-refractivity contribution is 7.16. The molecule has 0 unspecified atom stereocenters. The number of hydrogen-bond acceptors (Lipinski definition) is 4. The van der Waals surface area contributed by atoms with Gasteiger partial charge in [0.2, 0.25) is 0 Å². The second-order valence-corrected chi connectivity index (χ2v) is 4.82. The van der Waals surface area contributed by atoms with E-state index in [1.54, 1.807) is 11.3 Å². The average Bonchev–Trinajstić information content (AvgIpc) is 2.86. The molecular formula is C10H9NO2S2. The number of thiazole rings is 1. The van der Waals surface area contributed by atoms with E-state index in [0.29, 0.717) is 0 Å². The Morgan fingerprint density at radius 1 is 1.60 bits per heavy atom. The van der Waals surface area contributed by atoms with E-state index in [1.807, 2.05) is 23.8 Å². The summed E-state index contributed by atoms with van der Waals surface area (Å²) in [5, 5.41) is 13.8. The molecule has 0 amide bonds. The van der Waals surface area contributed by atoms with Gasteiger partial charge in [-0.2, -0.15) is 11.3 Å². The van der Waals surface area contributed by atoms with E-state index < -0.39 is 5.97 Å². The lowest BCUT2D eigenvalue weighted by molar-refractivity contribution is 0.0692. The number of rotatable bonds is 3. The molecule has 5 heteroatoms. The highest BCUT2D eigenvalue weighted by Gasteiger charge is 2.18. The Hall–Kier alpha value is -1.20. The van der Waals surface area contributed by atoms with Crippen molar-refractivity contribution in [2.45, 2.75) is 13.3 Å². The van der Waals surface area contributed by atoms with Crippen molar-refractivity contribution in [3.8, 4) is 10.4 Å². The molecule has 0 atom stereocenters. The van der Waals surface area contributed by atoms with E-state index in [1.165, 1.54) is 11.3 Å². The first-order valence-corrected chi connectivity index (χ1v) is 6.24. The van der Waals surface area contributed by atoms with Gasteiger partial charge in [-0.05, 0) is 23.2 Å². The third-order valence-corrected chi connectivity index (χ3v) is 3.89. The number of aryl methyl sites for hydroxylation is 1.